The van der Waals surface area contributed by atoms with Crippen molar-refractivity contribution in [3.63, 3.8) is 0 Å². The minimum Gasteiger partial charge on any atom is -0.393 e. The quantitative estimate of drug-likeness (QED) is 0.823. The highest BCUT2D eigenvalue weighted by molar-refractivity contribution is 4.97. The van der Waals surface area contributed by atoms with Gasteiger partial charge in [-0.1, -0.05) is 0 Å². The van der Waals surface area contributed by atoms with E-state index in [2.05, 4.69) is 15.1 Å². The molecule has 0 radical (unpaired) electrons. The molecular weight excluding hydrogens is 298 g/mol. The SMILES string of the molecule is OC1CC2(CCN(CC3CCN(CC4CCNCC4)CC3)CC2)C1. The first-order chi connectivity index (χ1) is 11.7. The lowest BCUT2D eigenvalue weighted by molar-refractivity contribution is -0.0702. The van der Waals surface area contributed by atoms with Crippen LogP contribution < -0.4 is 5.32 Å². The summed E-state index contributed by atoms with van der Waals surface area (Å²) in [5, 5.41) is 13.1. The number of nitrogens with zero attached hydrogens (tertiary/aromatic N) is 2. The van der Waals surface area contributed by atoms with E-state index in [1.54, 1.807) is 0 Å². The Balaban J connectivity index is 1.13. The smallest absolute Gasteiger partial charge is 0.0550 e. The van der Waals surface area contributed by atoms with E-state index in [0.29, 0.717) is 5.41 Å². The Hall–Kier alpha value is -0.160. The zero-order valence-corrected chi connectivity index (χ0v) is 15.4. The van der Waals surface area contributed by atoms with Gasteiger partial charge in [0.2, 0.25) is 0 Å². The summed E-state index contributed by atoms with van der Waals surface area (Å²) >= 11 is 0. The molecule has 0 aromatic carbocycles. The Morgan fingerprint density at radius 1 is 0.792 bits per heavy atom. The Morgan fingerprint density at radius 3 is 1.92 bits per heavy atom. The molecule has 0 aromatic heterocycles. The monoisotopic (exact) mass is 335 g/mol. The van der Waals surface area contributed by atoms with Crippen LogP contribution in [0.25, 0.3) is 0 Å². The van der Waals surface area contributed by atoms with Crippen LogP contribution in [0.15, 0.2) is 0 Å². The molecule has 0 bridgehead atoms. The maximum atomic E-state index is 9.61. The molecule has 1 aliphatic carbocycles. The average Bonchev–Trinajstić information content (AvgIpc) is 2.58. The van der Waals surface area contributed by atoms with Crippen LogP contribution in [0.4, 0.5) is 0 Å². The maximum absolute atomic E-state index is 9.61. The minimum absolute atomic E-state index is 0.0147. The molecule has 3 heterocycles. The highest BCUT2D eigenvalue weighted by Gasteiger charge is 2.45. The largest absolute Gasteiger partial charge is 0.393 e. The van der Waals surface area contributed by atoms with Crippen molar-refractivity contribution in [3.05, 3.63) is 0 Å². The summed E-state index contributed by atoms with van der Waals surface area (Å²) in [6.07, 6.45) is 10.4. The van der Waals surface area contributed by atoms with Crippen molar-refractivity contribution in [2.75, 3.05) is 52.4 Å². The van der Waals surface area contributed by atoms with Gasteiger partial charge in [-0.05, 0) is 108 Å². The van der Waals surface area contributed by atoms with E-state index in [1.807, 2.05) is 0 Å². The summed E-state index contributed by atoms with van der Waals surface area (Å²) in [5.74, 6) is 1.87. The van der Waals surface area contributed by atoms with E-state index < -0.39 is 0 Å². The fraction of sp³-hybridized carbons (Fsp3) is 1.00. The van der Waals surface area contributed by atoms with Crippen LogP contribution in [0.3, 0.4) is 0 Å². The first kappa shape index (κ1) is 17.3. The van der Waals surface area contributed by atoms with E-state index in [4.69, 9.17) is 0 Å². The lowest BCUT2D eigenvalue weighted by Gasteiger charge is -2.51. The van der Waals surface area contributed by atoms with Gasteiger partial charge < -0.3 is 20.2 Å². The second-order valence-corrected chi connectivity index (χ2v) is 9.30. The number of hydrogen-bond donors (Lipinski definition) is 2. The Bertz CT molecular complexity index is 386. The second-order valence-electron chi connectivity index (χ2n) is 9.30. The predicted octanol–water partition coefficient (Wildman–Crippen LogP) is 1.93. The van der Waals surface area contributed by atoms with Crippen molar-refractivity contribution < 1.29 is 5.11 Å². The summed E-state index contributed by atoms with van der Waals surface area (Å²) in [6.45, 7) is 10.4. The first-order valence-electron chi connectivity index (χ1n) is 10.5. The number of piperidine rings is 3. The topological polar surface area (TPSA) is 38.7 Å². The molecule has 138 valence electrons. The molecule has 2 N–H and O–H groups in total. The van der Waals surface area contributed by atoms with Crippen molar-refractivity contribution in [1.29, 1.82) is 0 Å². The number of nitrogens with one attached hydrogen (secondary N) is 1. The Kier molecular flexibility index (Phi) is 5.47. The fourth-order valence-electron chi connectivity index (χ4n) is 5.70. The van der Waals surface area contributed by atoms with Gasteiger partial charge in [0.1, 0.15) is 0 Å². The number of aliphatic hydroxyl groups is 1. The van der Waals surface area contributed by atoms with Crippen LogP contribution in [0.2, 0.25) is 0 Å². The summed E-state index contributed by atoms with van der Waals surface area (Å²) < 4.78 is 0. The molecule has 0 amide bonds. The Labute approximate surface area is 148 Å². The van der Waals surface area contributed by atoms with Gasteiger partial charge in [-0.2, -0.15) is 0 Å². The summed E-state index contributed by atoms with van der Waals surface area (Å²) in [5.41, 5.74) is 0.536. The normalized spacial score (nSPS) is 31.4. The molecule has 4 nitrogen and oxygen atoms in total. The Morgan fingerprint density at radius 2 is 1.33 bits per heavy atom. The van der Waals surface area contributed by atoms with Crippen LogP contribution in [-0.2, 0) is 0 Å². The molecule has 1 spiro atoms. The van der Waals surface area contributed by atoms with Crippen molar-refractivity contribution in [3.8, 4) is 0 Å². The molecule has 3 saturated heterocycles. The van der Waals surface area contributed by atoms with Gasteiger partial charge in [0.25, 0.3) is 0 Å². The number of hydrogen-bond acceptors (Lipinski definition) is 4. The zero-order chi connectivity index (χ0) is 16.4. The molecule has 4 rings (SSSR count). The van der Waals surface area contributed by atoms with Gasteiger partial charge >= 0.3 is 0 Å². The molecule has 24 heavy (non-hydrogen) atoms. The highest BCUT2D eigenvalue weighted by Crippen LogP contribution is 2.49. The number of likely N-dealkylation sites (tertiary alicyclic amines) is 2. The van der Waals surface area contributed by atoms with E-state index in [1.165, 1.54) is 90.9 Å². The molecule has 3 aliphatic heterocycles. The van der Waals surface area contributed by atoms with Crippen LogP contribution in [-0.4, -0.2) is 73.4 Å². The van der Waals surface area contributed by atoms with Gasteiger partial charge in [-0.3, -0.25) is 0 Å². The van der Waals surface area contributed by atoms with Crippen molar-refractivity contribution in [1.82, 2.24) is 15.1 Å². The third kappa shape index (κ3) is 4.14. The van der Waals surface area contributed by atoms with E-state index in [-0.39, 0.29) is 6.10 Å². The first-order valence-corrected chi connectivity index (χ1v) is 10.5. The second kappa shape index (κ2) is 7.61. The van der Waals surface area contributed by atoms with Crippen molar-refractivity contribution in [2.45, 2.75) is 57.5 Å². The lowest BCUT2D eigenvalue weighted by Crippen LogP contribution is -2.50. The predicted molar refractivity (Wildman–Crippen MR) is 98.1 cm³/mol. The van der Waals surface area contributed by atoms with Gasteiger partial charge in [0, 0.05) is 13.1 Å². The maximum Gasteiger partial charge on any atom is 0.0550 e. The number of aliphatic hydroxyl groups excluding tert-OH is 1. The van der Waals surface area contributed by atoms with Gasteiger partial charge in [-0.25, -0.2) is 0 Å². The fourth-order valence-corrected chi connectivity index (χ4v) is 5.70. The highest BCUT2D eigenvalue weighted by atomic mass is 16.3. The average molecular weight is 336 g/mol. The summed E-state index contributed by atoms with van der Waals surface area (Å²) in [6, 6.07) is 0. The zero-order valence-electron chi connectivity index (χ0n) is 15.4. The van der Waals surface area contributed by atoms with Gasteiger partial charge in [0.15, 0.2) is 0 Å². The summed E-state index contributed by atoms with van der Waals surface area (Å²) in [7, 11) is 0. The molecule has 0 atom stereocenters. The van der Waals surface area contributed by atoms with E-state index >= 15 is 0 Å². The lowest BCUT2D eigenvalue weighted by atomic mass is 9.61. The molecule has 0 unspecified atom stereocenters. The third-order valence-electron chi connectivity index (χ3n) is 7.45. The molecule has 4 aliphatic rings. The molecule has 1 saturated carbocycles. The van der Waals surface area contributed by atoms with Gasteiger partial charge in [-0.15, -0.1) is 0 Å². The van der Waals surface area contributed by atoms with Crippen LogP contribution in [0.1, 0.15) is 51.4 Å². The van der Waals surface area contributed by atoms with Crippen molar-refractivity contribution >= 4 is 0 Å². The summed E-state index contributed by atoms with van der Waals surface area (Å²) in [4.78, 5) is 5.47. The van der Waals surface area contributed by atoms with E-state index in [9.17, 15) is 5.11 Å². The van der Waals surface area contributed by atoms with Crippen molar-refractivity contribution in [2.24, 2.45) is 17.3 Å². The van der Waals surface area contributed by atoms with Gasteiger partial charge in [0.05, 0.1) is 6.10 Å². The minimum atomic E-state index is 0.0147. The van der Waals surface area contributed by atoms with Crippen LogP contribution in [0.5, 0.6) is 0 Å². The van der Waals surface area contributed by atoms with Crippen LogP contribution >= 0.6 is 0 Å². The molecule has 4 fully saturated rings. The molecule has 4 heteroatoms. The molecule has 0 aromatic rings. The number of rotatable bonds is 4. The van der Waals surface area contributed by atoms with Crippen LogP contribution in [0, 0.1) is 17.3 Å². The van der Waals surface area contributed by atoms with E-state index in [0.717, 1.165) is 24.7 Å². The standard InChI is InChI=1S/C20H37N3O/c24-19-13-20(14-19)5-11-23(12-6-20)16-18-3-9-22(10-4-18)15-17-1-7-21-8-2-17/h17-19,21,24H,1-16H2. The third-order valence-corrected chi connectivity index (χ3v) is 7.45. The molecular formula is C20H37N3O.